The minimum atomic E-state index is -3.43. The first-order valence-corrected chi connectivity index (χ1v) is 8.46. The quantitative estimate of drug-likeness (QED) is 0.865. The summed E-state index contributed by atoms with van der Waals surface area (Å²) in [6, 6.07) is 6.70. The summed E-state index contributed by atoms with van der Waals surface area (Å²) in [4.78, 5) is 0.301. The van der Waals surface area contributed by atoms with Crippen molar-refractivity contribution in [1.82, 2.24) is 4.72 Å². The number of sulfonamides is 1. The molecule has 3 nitrogen and oxygen atoms in total. The number of rotatable bonds is 6. The predicted molar refractivity (Wildman–Crippen MR) is 78.0 cm³/mol. The normalized spacial score (nSPS) is 13.8. The molecule has 0 aliphatic heterocycles. The number of benzene rings is 1. The summed E-state index contributed by atoms with van der Waals surface area (Å²) in [7, 11) is -3.43. The highest BCUT2D eigenvalue weighted by Gasteiger charge is 2.21. The van der Waals surface area contributed by atoms with E-state index in [1.165, 1.54) is 0 Å². The average molecular weight is 334 g/mol. The van der Waals surface area contributed by atoms with Crippen LogP contribution in [0, 0.1) is 5.92 Å². The molecule has 5 heteroatoms. The van der Waals surface area contributed by atoms with E-state index in [0.717, 1.165) is 17.3 Å². The van der Waals surface area contributed by atoms with Crippen LogP contribution in [-0.4, -0.2) is 14.5 Å². The van der Waals surface area contributed by atoms with Gasteiger partial charge >= 0.3 is 0 Å². The molecule has 1 rings (SSSR count). The smallest absolute Gasteiger partial charge is 0.208 e. The van der Waals surface area contributed by atoms with Crippen molar-refractivity contribution in [2.45, 2.75) is 44.6 Å². The van der Waals surface area contributed by atoms with Gasteiger partial charge in [0.2, 0.25) is 10.0 Å². The average Bonchev–Trinajstić information content (AvgIpc) is 2.30. The molecule has 0 spiro atoms. The fourth-order valence-corrected chi connectivity index (χ4v) is 3.95. The summed E-state index contributed by atoms with van der Waals surface area (Å²) in [6.07, 6.45) is 1.94. The van der Waals surface area contributed by atoms with Crippen molar-refractivity contribution in [1.29, 1.82) is 0 Å². The molecule has 0 bridgehead atoms. The Labute approximate surface area is 118 Å². The van der Waals surface area contributed by atoms with Crippen LogP contribution in [0.15, 0.2) is 33.6 Å². The van der Waals surface area contributed by atoms with Crippen molar-refractivity contribution >= 4 is 26.0 Å². The Hall–Kier alpha value is -0.390. The van der Waals surface area contributed by atoms with Crippen LogP contribution in [-0.2, 0) is 10.0 Å². The second kappa shape index (κ2) is 6.68. The van der Waals surface area contributed by atoms with Crippen molar-refractivity contribution in [2.75, 3.05) is 0 Å². The molecule has 1 atom stereocenters. The monoisotopic (exact) mass is 333 g/mol. The van der Waals surface area contributed by atoms with Gasteiger partial charge in [-0.3, -0.25) is 0 Å². The van der Waals surface area contributed by atoms with Crippen molar-refractivity contribution < 1.29 is 8.42 Å². The van der Waals surface area contributed by atoms with Crippen LogP contribution in [0.25, 0.3) is 0 Å². The van der Waals surface area contributed by atoms with E-state index in [-0.39, 0.29) is 6.04 Å². The van der Waals surface area contributed by atoms with Gasteiger partial charge in [-0.15, -0.1) is 0 Å². The third-order valence-electron chi connectivity index (χ3n) is 3.20. The largest absolute Gasteiger partial charge is 0.240 e. The highest BCUT2D eigenvalue weighted by atomic mass is 79.9. The maximum absolute atomic E-state index is 12.2. The molecule has 0 heterocycles. The lowest BCUT2D eigenvalue weighted by Crippen LogP contribution is -2.37. The lowest BCUT2D eigenvalue weighted by molar-refractivity contribution is 0.391. The first kappa shape index (κ1) is 15.7. The molecule has 1 N–H and O–H groups in total. The van der Waals surface area contributed by atoms with Gasteiger partial charge in [-0.05, 0) is 31.0 Å². The van der Waals surface area contributed by atoms with Gasteiger partial charge in [-0.2, -0.15) is 0 Å². The van der Waals surface area contributed by atoms with Gasteiger partial charge in [0.1, 0.15) is 0 Å². The Bertz CT molecular complexity index is 484. The summed E-state index contributed by atoms with van der Waals surface area (Å²) in [5, 5.41) is 0. The molecule has 0 fully saturated rings. The van der Waals surface area contributed by atoms with Gasteiger partial charge in [0, 0.05) is 10.5 Å². The van der Waals surface area contributed by atoms with Crippen LogP contribution in [0.2, 0.25) is 0 Å². The lowest BCUT2D eigenvalue weighted by Gasteiger charge is -2.22. The summed E-state index contributed by atoms with van der Waals surface area (Å²) in [5.74, 6) is 0.368. The first-order valence-electron chi connectivity index (χ1n) is 6.18. The number of hydrogen-bond acceptors (Lipinski definition) is 2. The van der Waals surface area contributed by atoms with Gasteiger partial charge in [0.25, 0.3) is 0 Å². The van der Waals surface area contributed by atoms with E-state index in [1.54, 1.807) is 18.2 Å². The maximum Gasteiger partial charge on any atom is 0.240 e. The van der Waals surface area contributed by atoms with Crippen LogP contribution < -0.4 is 4.72 Å². The zero-order valence-electron chi connectivity index (χ0n) is 11.0. The van der Waals surface area contributed by atoms with Crippen molar-refractivity contribution in [3.05, 3.63) is 28.7 Å². The maximum atomic E-state index is 12.2. The summed E-state index contributed by atoms with van der Waals surface area (Å²) < 4.78 is 27.9. The molecule has 18 heavy (non-hydrogen) atoms. The van der Waals surface area contributed by atoms with E-state index in [9.17, 15) is 8.42 Å². The summed E-state index contributed by atoms with van der Waals surface area (Å²) in [6.45, 7) is 6.09. The Morgan fingerprint density at radius 2 is 1.89 bits per heavy atom. The summed E-state index contributed by atoms with van der Waals surface area (Å²) >= 11 is 3.28. The van der Waals surface area contributed by atoms with E-state index in [1.807, 2.05) is 13.0 Å². The van der Waals surface area contributed by atoms with Crippen molar-refractivity contribution in [2.24, 2.45) is 5.92 Å². The Morgan fingerprint density at radius 1 is 1.28 bits per heavy atom. The van der Waals surface area contributed by atoms with Gasteiger partial charge in [0.05, 0.1) is 4.90 Å². The highest BCUT2D eigenvalue weighted by molar-refractivity contribution is 9.10. The van der Waals surface area contributed by atoms with Crippen LogP contribution >= 0.6 is 15.9 Å². The van der Waals surface area contributed by atoms with Gasteiger partial charge in [0.15, 0.2) is 0 Å². The SMILES string of the molecule is CCC(CC)C(C)NS(=O)(=O)c1cccc(Br)c1. The molecule has 0 saturated carbocycles. The number of nitrogens with one attached hydrogen (secondary N) is 1. The Balaban J connectivity index is 2.89. The second-order valence-electron chi connectivity index (χ2n) is 4.44. The zero-order valence-corrected chi connectivity index (χ0v) is 13.4. The second-order valence-corrected chi connectivity index (χ2v) is 7.07. The molecule has 0 amide bonds. The van der Waals surface area contributed by atoms with Gasteiger partial charge < -0.3 is 0 Å². The molecule has 1 aromatic rings. The Kier molecular flexibility index (Phi) is 5.82. The minimum Gasteiger partial charge on any atom is -0.208 e. The molecule has 102 valence electrons. The molecule has 0 radical (unpaired) electrons. The van der Waals surface area contributed by atoms with Crippen LogP contribution in [0.5, 0.6) is 0 Å². The molecule has 0 saturated heterocycles. The van der Waals surface area contributed by atoms with Crippen LogP contribution in [0.1, 0.15) is 33.6 Å². The number of halogens is 1. The van der Waals surface area contributed by atoms with Crippen molar-refractivity contribution in [3.8, 4) is 0 Å². The molecule has 1 aromatic carbocycles. The molecular formula is C13H20BrNO2S. The molecular weight excluding hydrogens is 314 g/mol. The standard InChI is InChI=1S/C13H20BrNO2S/c1-4-11(5-2)10(3)15-18(16,17)13-8-6-7-12(14)9-13/h6-11,15H,4-5H2,1-3H3. The third-order valence-corrected chi connectivity index (χ3v) is 5.25. The van der Waals surface area contributed by atoms with Gasteiger partial charge in [-0.1, -0.05) is 48.7 Å². The van der Waals surface area contributed by atoms with E-state index in [2.05, 4.69) is 34.5 Å². The Morgan fingerprint density at radius 3 is 2.39 bits per heavy atom. The van der Waals surface area contributed by atoms with Crippen LogP contribution in [0.3, 0.4) is 0 Å². The zero-order chi connectivity index (χ0) is 13.8. The number of hydrogen-bond donors (Lipinski definition) is 1. The molecule has 1 unspecified atom stereocenters. The van der Waals surface area contributed by atoms with E-state index >= 15 is 0 Å². The van der Waals surface area contributed by atoms with Crippen LogP contribution in [0.4, 0.5) is 0 Å². The van der Waals surface area contributed by atoms with Crippen molar-refractivity contribution in [3.63, 3.8) is 0 Å². The topological polar surface area (TPSA) is 46.2 Å². The first-order chi connectivity index (χ1) is 8.40. The van der Waals surface area contributed by atoms with E-state index < -0.39 is 10.0 Å². The minimum absolute atomic E-state index is 0.0519. The molecule has 0 aromatic heterocycles. The van der Waals surface area contributed by atoms with E-state index in [0.29, 0.717) is 10.8 Å². The van der Waals surface area contributed by atoms with Gasteiger partial charge in [-0.25, -0.2) is 13.1 Å². The summed E-state index contributed by atoms with van der Waals surface area (Å²) in [5.41, 5.74) is 0. The fraction of sp³-hybridized carbons (Fsp3) is 0.538. The lowest BCUT2D eigenvalue weighted by atomic mass is 9.96. The van der Waals surface area contributed by atoms with E-state index in [4.69, 9.17) is 0 Å². The molecule has 0 aliphatic rings. The molecule has 0 aliphatic carbocycles. The predicted octanol–water partition coefficient (Wildman–Crippen LogP) is 3.55. The fourth-order valence-electron chi connectivity index (χ4n) is 2.04. The third kappa shape index (κ3) is 4.07. The highest BCUT2D eigenvalue weighted by Crippen LogP contribution is 2.19.